The van der Waals surface area contributed by atoms with Crippen LogP contribution in [0.25, 0.3) is 5.57 Å². The molecule has 0 aliphatic carbocycles. The van der Waals surface area contributed by atoms with E-state index in [9.17, 15) is 9.59 Å². The van der Waals surface area contributed by atoms with E-state index in [2.05, 4.69) is 5.32 Å². The van der Waals surface area contributed by atoms with Crippen LogP contribution in [0.1, 0.15) is 5.56 Å². The summed E-state index contributed by atoms with van der Waals surface area (Å²) in [5, 5.41) is 3.13. The van der Waals surface area contributed by atoms with Crippen molar-refractivity contribution in [3.05, 3.63) is 90.1 Å². The maximum absolute atomic E-state index is 13.3. The Kier molecular flexibility index (Phi) is 5.22. The third-order valence-corrected chi connectivity index (χ3v) is 4.81. The second-order valence-corrected chi connectivity index (χ2v) is 6.59. The number of nitrogens with zero attached hydrogens (tertiary/aromatic N) is 1. The Labute approximate surface area is 174 Å². The Morgan fingerprint density at radius 3 is 2.00 bits per heavy atom. The lowest BCUT2D eigenvalue weighted by molar-refractivity contribution is -0.120. The summed E-state index contributed by atoms with van der Waals surface area (Å²) < 4.78 is 10.6. The van der Waals surface area contributed by atoms with Crippen molar-refractivity contribution in [1.82, 2.24) is 0 Å². The molecule has 30 heavy (non-hydrogen) atoms. The Morgan fingerprint density at radius 2 is 1.37 bits per heavy atom. The number of imide groups is 1. The van der Waals surface area contributed by atoms with Crippen LogP contribution in [-0.4, -0.2) is 26.0 Å². The molecule has 6 heteroatoms. The van der Waals surface area contributed by atoms with Gasteiger partial charge in [-0.15, -0.1) is 0 Å². The number of hydrogen-bond acceptors (Lipinski definition) is 5. The molecule has 0 saturated carbocycles. The standard InChI is InChI=1S/C24H20N2O4/c1-29-19-14-13-17(15-20(19)30-2)25-22-21(16-9-5-3-6-10-16)23(27)26(24(22)28)18-11-7-4-8-12-18/h3-15,25H,1-2H3. The van der Waals surface area contributed by atoms with Crippen molar-refractivity contribution in [3.8, 4) is 11.5 Å². The molecule has 1 N–H and O–H groups in total. The van der Waals surface area contributed by atoms with Gasteiger partial charge in [-0.05, 0) is 29.8 Å². The molecule has 0 radical (unpaired) electrons. The molecule has 2 amide bonds. The minimum absolute atomic E-state index is 0.210. The van der Waals surface area contributed by atoms with Crippen molar-refractivity contribution >= 4 is 28.8 Å². The zero-order valence-electron chi connectivity index (χ0n) is 16.6. The fourth-order valence-corrected chi connectivity index (χ4v) is 3.39. The van der Waals surface area contributed by atoms with Crippen LogP contribution in [0.4, 0.5) is 11.4 Å². The van der Waals surface area contributed by atoms with Crippen LogP contribution in [0.5, 0.6) is 11.5 Å². The number of para-hydroxylation sites is 1. The molecule has 0 saturated heterocycles. The fraction of sp³-hybridized carbons (Fsp3) is 0.0833. The molecule has 4 rings (SSSR count). The summed E-state index contributed by atoms with van der Waals surface area (Å²) in [6.45, 7) is 0. The minimum Gasteiger partial charge on any atom is -0.493 e. The first-order chi connectivity index (χ1) is 14.6. The van der Waals surface area contributed by atoms with E-state index in [1.807, 2.05) is 36.4 Å². The van der Waals surface area contributed by atoms with Crippen LogP contribution in [0.3, 0.4) is 0 Å². The fourth-order valence-electron chi connectivity index (χ4n) is 3.39. The van der Waals surface area contributed by atoms with Gasteiger partial charge in [0.2, 0.25) is 0 Å². The molecular formula is C24H20N2O4. The average Bonchev–Trinajstić information content (AvgIpc) is 3.04. The number of methoxy groups -OCH3 is 2. The lowest BCUT2D eigenvalue weighted by Crippen LogP contribution is -2.32. The van der Waals surface area contributed by atoms with Gasteiger partial charge in [0.25, 0.3) is 11.8 Å². The first kappa shape index (κ1) is 19.3. The van der Waals surface area contributed by atoms with Gasteiger partial charge in [0.15, 0.2) is 11.5 Å². The maximum Gasteiger partial charge on any atom is 0.282 e. The highest BCUT2D eigenvalue weighted by atomic mass is 16.5. The van der Waals surface area contributed by atoms with E-state index in [0.29, 0.717) is 34.0 Å². The molecule has 3 aromatic rings. The molecule has 3 aromatic carbocycles. The van der Waals surface area contributed by atoms with Gasteiger partial charge in [-0.3, -0.25) is 9.59 Å². The summed E-state index contributed by atoms with van der Waals surface area (Å²) in [7, 11) is 3.09. The van der Waals surface area contributed by atoms with Crippen LogP contribution in [-0.2, 0) is 9.59 Å². The quantitative estimate of drug-likeness (QED) is 0.631. The predicted molar refractivity (Wildman–Crippen MR) is 115 cm³/mol. The first-order valence-electron chi connectivity index (χ1n) is 9.36. The Balaban J connectivity index is 1.80. The second-order valence-electron chi connectivity index (χ2n) is 6.59. The molecule has 1 aliphatic rings. The van der Waals surface area contributed by atoms with E-state index in [4.69, 9.17) is 9.47 Å². The number of rotatable bonds is 6. The molecule has 0 unspecified atom stereocenters. The highest BCUT2D eigenvalue weighted by Gasteiger charge is 2.40. The number of hydrogen-bond donors (Lipinski definition) is 1. The van der Waals surface area contributed by atoms with Gasteiger partial charge < -0.3 is 14.8 Å². The smallest absolute Gasteiger partial charge is 0.282 e. The van der Waals surface area contributed by atoms with E-state index in [1.165, 1.54) is 12.0 Å². The number of carbonyl (C=O) groups is 2. The number of carbonyl (C=O) groups excluding carboxylic acids is 2. The van der Waals surface area contributed by atoms with E-state index in [0.717, 1.165) is 0 Å². The summed E-state index contributed by atoms with van der Waals surface area (Å²) in [5.41, 5.74) is 2.32. The minimum atomic E-state index is -0.417. The van der Waals surface area contributed by atoms with Gasteiger partial charge in [0.1, 0.15) is 5.70 Å². The van der Waals surface area contributed by atoms with Gasteiger partial charge in [0, 0.05) is 11.8 Å². The molecule has 1 heterocycles. The van der Waals surface area contributed by atoms with E-state index < -0.39 is 5.91 Å². The van der Waals surface area contributed by atoms with Gasteiger partial charge in [-0.2, -0.15) is 0 Å². The summed E-state index contributed by atoms with van der Waals surface area (Å²) in [4.78, 5) is 27.8. The van der Waals surface area contributed by atoms with Crippen molar-refractivity contribution in [2.45, 2.75) is 0 Å². The van der Waals surface area contributed by atoms with Gasteiger partial charge >= 0.3 is 0 Å². The van der Waals surface area contributed by atoms with Crippen LogP contribution in [0, 0.1) is 0 Å². The van der Waals surface area contributed by atoms with Crippen molar-refractivity contribution in [2.24, 2.45) is 0 Å². The molecule has 0 fully saturated rings. The average molecular weight is 400 g/mol. The highest BCUT2D eigenvalue weighted by molar-refractivity contribution is 6.46. The van der Waals surface area contributed by atoms with Crippen molar-refractivity contribution in [2.75, 3.05) is 24.4 Å². The van der Waals surface area contributed by atoms with E-state index >= 15 is 0 Å². The number of amides is 2. The number of anilines is 2. The second kappa shape index (κ2) is 8.13. The molecule has 150 valence electrons. The third-order valence-electron chi connectivity index (χ3n) is 4.81. The summed E-state index contributed by atoms with van der Waals surface area (Å²) in [6, 6.07) is 23.3. The Morgan fingerprint density at radius 1 is 0.733 bits per heavy atom. The monoisotopic (exact) mass is 400 g/mol. The lowest BCUT2D eigenvalue weighted by Gasteiger charge is -2.15. The van der Waals surface area contributed by atoms with E-state index in [1.54, 1.807) is 49.6 Å². The zero-order valence-corrected chi connectivity index (χ0v) is 16.6. The summed E-state index contributed by atoms with van der Waals surface area (Å²) in [6.07, 6.45) is 0. The largest absolute Gasteiger partial charge is 0.493 e. The van der Waals surface area contributed by atoms with Crippen molar-refractivity contribution in [3.63, 3.8) is 0 Å². The molecule has 0 bridgehead atoms. The van der Waals surface area contributed by atoms with Crippen LogP contribution < -0.4 is 19.7 Å². The Bertz CT molecular complexity index is 1120. The van der Waals surface area contributed by atoms with Crippen molar-refractivity contribution in [1.29, 1.82) is 0 Å². The zero-order chi connectivity index (χ0) is 21.1. The van der Waals surface area contributed by atoms with Crippen LogP contribution in [0.15, 0.2) is 84.6 Å². The number of benzene rings is 3. The number of nitrogens with one attached hydrogen (secondary N) is 1. The highest BCUT2D eigenvalue weighted by Crippen LogP contribution is 2.35. The van der Waals surface area contributed by atoms with Gasteiger partial charge in [-0.1, -0.05) is 48.5 Å². The molecule has 0 atom stereocenters. The molecule has 6 nitrogen and oxygen atoms in total. The summed E-state index contributed by atoms with van der Waals surface area (Å²) in [5.74, 6) is 0.293. The first-order valence-corrected chi connectivity index (χ1v) is 9.36. The normalized spacial score (nSPS) is 13.6. The SMILES string of the molecule is COc1ccc(NC2=C(c3ccccc3)C(=O)N(c3ccccc3)C2=O)cc1OC. The topological polar surface area (TPSA) is 67.9 Å². The van der Waals surface area contributed by atoms with Gasteiger partial charge in [-0.25, -0.2) is 4.90 Å². The molecule has 1 aliphatic heterocycles. The molecular weight excluding hydrogens is 380 g/mol. The molecule has 0 aromatic heterocycles. The molecule has 0 spiro atoms. The lowest BCUT2D eigenvalue weighted by atomic mass is 10.0. The third kappa shape index (κ3) is 3.39. The summed E-state index contributed by atoms with van der Waals surface area (Å²) >= 11 is 0. The van der Waals surface area contributed by atoms with Crippen LogP contribution in [0.2, 0.25) is 0 Å². The predicted octanol–water partition coefficient (Wildman–Crippen LogP) is 4.10. The van der Waals surface area contributed by atoms with Crippen molar-refractivity contribution < 1.29 is 19.1 Å². The van der Waals surface area contributed by atoms with Crippen LogP contribution >= 0.6 is 0 Å². The maximum atomic E-state index is 13.3. The van der Waals surface area contributed by atoms with Gasteiger partial charge in [0.05, 0.1) is 25.5 Å². The number of ether oxygens (including phenoxy) is 2. The van der Waals surface area contributed by atoms with E-state index in [-0.39, 0.29) is 11.6 Å². The Hall–Kier alpha value is -4.06.